The summed E-state index contributed by atoms with van der Waals surface area (Å²) in [6, 6.07) is 14.8. The van der Waals surface area contributed by atoms with Gasteiger partial charge in [0.25, 0.3) is 0 Å². The van der Waals surface area contributed by atoms with Crippen molar-refractivity contribution in [3.8, 4) is 11.5 Å². The Morgan fingerprint density at radius 2 is 1.75 bits per heavy atom. The molecule has 2 rings (SSSR count). The Hall–Kier alpha value is -1.71. The largest absolute Gasteiger partial charge is 0.490 e. The minimum Gasteiger partial charge on any atom is -0.490 e. The SMILES string of the molecule is C[C@H](O)c1cc(Cl)ccc1OCCOc1ccccc1. The van der Waals surface area contributed by atoms with Crippen LogP contribution in [0.4, 0.5) is 0 Å². The average Bonchev–Trinajstić information content (AvgIpc) is 2.45. The zero-order chi connectivity index (χ0) is 14.4. The summed E-state index contributed by atoms with van der Waals surface area (Å²) in [5.41, 5.74) is 0.678. The number of benzene rings is 2. The van der Waals surface area contributed by atoms with Gasteiger partial charge in [-0.2, -0.15) is 0 Å². The fourth-order valence-electron chi connectivity index (χ4n) is 1.81. The molecule has 20 heavy (non-hydrogen) atoms. The van der Waals surface area contributed by atoms with Crippen molar-refractivity contribution in [3.05, 3.63) is 59.1 Å². The molecule has 0 aromatic heterocycles. The second kappa shape index (κ2) is 7.17. The first-order chi connectivity index (χ1) is 9.66. The first-order valence-corrected chi connectivity index (χ1v) is 6.83. The van der Waals surface area contributed by atoms with E-state index in [2.05, 4.69) is 0 Å². The van der Waals surface area contributed by atoms with Crippen molar-refractivity contribution in [3.63, 3.8) is 0 Å². The fourth-order valence-corrected chi connectivity index (χ4v) is 1.99. The van der Waals surface area contributed by atoms with E-state index >= 15 is 0 Å². The highest BCUT2D eigenvalue weighted by atomic mass is 35.5. The van der Waals surface area contributed by atoms with Crippen LogP contribution < -0.4 is 9.47 Å². The van der Waals surface area contributed by atoms with Crippen LogP contribution in [0.2, 0.25) is 5.02 Å². The van der Waals surface area contributed by atoms with E-state index in [0.29, 0.717) is 29.5 Å². The molecule has 0 radical (unpaired) electrons. The number of ether oxygens (including phenoxy) is 2. The molecule has 1 atom stereocenters. The molecule has 0 unspecified atom stereocenters. The predicted molar refractivity (Wildman–Crippen MR) is 79.5 cm³/mol. The molecule has 0 bridgehead atoms. The van der Waals surface area contributed by atoms with Gasteiger partial charge in [0.15, 0.2) is 0 Å². The second-order valence-corrected chi connectivity index (χ2v) is 4.80. The molecule has 4 heteroatoms. The lowest BCUT2D eigenvalue weighted by Gasteiger charge is -2.14. The summed E-state index contributed by atoms with van der Waals surface area (Å²) < 4.78 is 11.2. The van der Waals surface area contributed by atoms with Crippen molar-refractivity contribution in [1.29, 1.82) is 0 Å². The summed E-state index contributed by atoms with van der Waals surface area (Å²) >= 11 is 5.91. The van der Waals surface area contributed by atoms with Gasteiger partial charge < -0.3 is 14.6 Å². The third kappa shape index (κ3) is 4.15. The van der Waals surface area contributed by atoms with E-state index in [1.54, 1.807) is 25.1 Å². The third-order valence-corrected chi connectivity index (χ3v) is 3.01. The molecule has 0 aliphatic rings. The quantitative estimate of drug-likeness (QED) is 0.822. The van der Waals surface area contributed by atoms with Gasteiger partial charge in [-0.15, -0.1) is 0 Å². The molecule has 1 N–H and O–H groups in total. The zero-order valence-electron chi connectivity index (χ0n) is 11.3. The Labute approximate surface area is 123 Å². The summed E-state index contributed by atoms with van der Waals surface area (Å²) in [5.74, 6) is 1.43. The van der Waals surface area contributed by atoms with E-state index in [-0.39, 0.29) is 0 Å². The van der Waals surface area contributed by atoms with Crippen LogP contribution in [0.3, 0.4) is 0 Å². The smallest absolute Gasteiger partial charge is 0.125 e. The van der Waals surface area contributed by atoms with Crippen LogP contribution in [-0.2, 0) is 0 Å². The van der Waals surface area contributed by atoms with Crippen molar-refractivity contribution in [2.24, 2.45) is 0 Å². The molecule has 2 aromatic rings. The highest BCUT2D eigenvalue weighted by Gasteiger charge is 2.09. The number of para-hydroxylation sites is 1. The van der Waals surface area contributed by atoms with Crippen molar-refractivity contribution < 1.29 is 14.6 Å². The van der Waals surface area contributed by atoms with Crippen molar-refractivity contribution in [1.82, 2.24) is 0 Å². The van der Waals surface area contributed by atoms with E-state index < -0.39 is 6.10 Å². The zero-order valence-corrected chi connectivity index (χ0v) is 12.0. The lowest BCUT2D eigenvalue weighted by Crippen LogP contribution is -2.10. The standard InChI is InChI=1S/C16H17ClO3/c1-12(18)15-11-13(17)7-8-16(15)20-10-9-19-14-5-3-2-4-6-14/h2-8,11-12,18H,9-10H2,1H3/t12-/m0/s1. The molecule has 0 saturated carbocycles. The number of aliphatic hydroxyl groups excluding tert-OH is 1. The molecule has 3 nitrogen and oxygen atoms in total. The molecular formula is C16H17ClO3. The van der Waals surface area contributed by atoms with Gasteiger partial charge in [-0.3, -0.25) is 0 Å². The maximum atomic E-state index is 9.69. The van der Waals surface area contributed by atoms with Crippen molar-refractivity contribution in [2.75, 3.05) is 13.2 Å². The van der Waals surface area contributed by atoms with E-state index in [0.717, 1.165) is 5.75 Å². The van der Waals surface area contributed by atoms with Gasteiger partial charge in [-0.1, -0.05) is 29.8 Å². The van der Waals surface area contributed by atoms with Gasteiger partial charge in [0, 0.05) is 10.6 Å². The molecule has 0 heterocycles. The van der Waals surface area contributed by atoms with Crippen LogP contribution in [0, 0.1) is 0 Å². The Morgan fingerprint density at radius 1 is 1.05 bits per heavy atom. The van der Waals surface area contributed by atoms with Gasteiger partial charge in [-0.25, -0.2) is 0 Å². The average molecular weight is 293 g/mol. The number of hydrogen-bond donors (Lipinski definition) is 1. The highest BCUT2D eigenvalue weighted by Crippen LogP contribution is 2.28. The Balaban J connectivity index is 1.88. The summed E-state index contributed by atoms with van der Waals surface area (Å²) in [4.78, 5) is 0. The van der Waals surface area contributed by atoms with Crippen LogP contribution in [0.5, 0.6) is 11.5 Å². The molecule has 2 aromatic carbocycles. The first kappa shape index (κ1) is 14.7. The molecular weight excluding hydrogens is 276 g/mol. The second-order valence-electron chi connectivity index (χ2n) is 4.37. The maximum absolute atomic E-state index is 9.69. The number of rotatable bonds is 6. The topological polar surface area (TPSA) is 38.7 Å². The van der Waals surface area contributed by atoms with Crippen molar-refractivity contribution >= 4 is 11.6 Å². The molecule has 0 fully saturated rings. The van der Waals surface area contributed by atoms with Crippen LogP contribution in [0.25, 0.3) is 0 Å². The monoisotopic (exact) mass is 292 g/mol. The van der Waals surface area contributed by atoms with Gasteiger partial charge in [0.2, 0.25) is 0 Å². The lowest BCUT2D eigenvalue weighted by molar-refractivity contribution is 0.182. The van der Waals surface area contributed by atoms with Crippen LogP contribution in [-0.4, -0.2) is 18.3 Å². The first-order valence-electron chi connectivity index (χ1n) is 6.45. The molecule has 0 spiro atoms. The van der Waals surface area contributed by atoms with Crippen LogP contribution in [0.15, 0.2) is 48.5 Å². The Morgan fingerprint density at radius 3 is 2.45 bits per heavy atom. The van der Waals surface area contributed by atoms with Crippen molar-refractivity contribution in [2.45, 2.75) is 13.0 Å². The van der Waals surface area contributed by atoms with Gasteiger partial charge >= 0.3 is 0 Å². The molecule has 0 aliphatic heterocycles. The number of aliphatic hydroxyl groups is 1. The van der Waals surface area contributed by atoms with Crippen LogP contribution >= 0.6 is 11.6 Å². The third-order valence-electron chi connectivity index (χ3n) is 2.77. The highest BCUT2D eigenvalue weighted by molar-refractivity contribution is 6.30. The summed E-state index contributed by atoms with van der Waals surface area (Å²) in [7, 11) is 0. The van der Waals surface area contributed by atoms with E-state index in [4.69, 9.17) is 21.1 Å². The number of hydrogen-bond acceptors (Lipinski definition) is 3. The maximum Gasteiger partial charge on any atom is 0.125 e. The number of halogens is 1. The summed E-state index contributed by atoms with van der Waals surface area (Å²) in [6.45, 7) is 2.52. The minimum atomic E-state index is -0.626. The molecule has 0 amide bonds. The lowest BCUT2D eigenvalue weighted by atomic mass is 10.1. The minimum absolute atomic E-state index is 0.399. The van der Waals surface area contributed by atoms with Crippen LogP contribution in [0.1, 0.15) is 18.6 Å². The Bertz CT molecular complexity index is 541. The molecule has 106 valence electrons. The molecule has 0 saturated heterocycles. The Kier molecular flexibility index (Phi) is 5.27. The normalized spacial score (nSPS) is 11.9. The summed E-state index contributed by atoms with van der Waals surface area (Å²) in [6.07, 6.45) is -0.626. The molecule has 0 aliphatic carbocycles. The fraction of sp³-hybridized carbons (Fsp3) is 0.250. The van der Waals surface area contributed by atoms with E-state index in [9.17, 15) is 5.11 Å². The van der Waals surface area contributed by atoms with Gasteiger partial charge in [-0.05, 0) is 37.3 Å². The van der Waals surface area contributed by atoms with Gasteiger partial charge in [0.05, 0.1) is 6.10 Å². The predicted octanol–water partition coefficient (Wildman–Crippen LogP) is 3.85. The summed E-state index contributed by atoms with van der Waals surface area (Å²) in [5, 5.41) is 10.3. The van der Waals surface area contributed by atoms with Gasteiger partial charge in [0.1, 0.15) is 24.7 Å². The van der Waals surface area contributed by atoms with E-state index in [1.165, 1.54) is 0 Å². The van der Waals surface area contributed by atoms with E-state index in [1.807, 2.05) is 30.3 Å².